The first-order chi connectivity index (χ1) is 5.38. The Morgan fingerprint density at radius 3 is 2.82 bits per heavy atom. The van der Waals surface area contributed by atoms with E-state index in [1.807, 2.05) is 12.3 Å². The Labute approximate surface area is 83.5 Å². The van der Waals surface area contributed by atoms with Crippen LogP contribution in [0.2, 0.25) is 0 Å². The number of aromatic nitrogens is 1. The van der Waals surface area contributed by atoms with Gasteiger partial charge in [0.25, 0.3) is 0 Å². The third-order valence-corrected chi connectivity index (χ3v) is 2.46. The van der Waals surface area contributed by atoms with Crippen molar-refractivity contribution in [1.82, 2.24) is 4.98 Å². The highest BCUT2D eigenvalue weighted by molar-refractivity contribution is 9.09. The minimum Gasteiger partial charge on any atom is -0.261 e. The first kappa shape index (κ1) is 9.20. The lowest BCUT2D eigenvalue weighted by atomic mass is 10.2. The molecule has 0 radical (unpaired) electrons. The van der Waals surface area contributed by atoms with E-state index in [1.165, 1.54) is 11.3 Å². The SMILES string of the molecule is BrCCc1ncccc1CBr. The monoisotopic (exact) mass is 277 g/mol. The number of aryl methyl sites for hydroxylation is 1. The highest BCUT2D eigenvalue weighted by Gasteiger charge is 1.99. The van der Waals surface area contributed by atoms with Gasteiger partial charge in [-0.05, 0) is 18.1 Å². The quantitative estimate of drug-likeness (QED) is 0.775. The zero-order valence-corrected chi connectivity index (χ0v) is 9.23. The van der Waals surface area contributed by atoms with E-state index < -0.39 is 0 Å². The van der Waals surface area contributed by atoms with E-state index in [1.54, 1.807) is 0 Å². The van der Waals surface area contributed by atoms with Crippen LogP contribution in [0.25, 0.3) is 0 Å². The van der Waals surface area contributed by atoms with Crippen molar-refractivity contribution in [3.8, 4) is 0 Å². The Morgan fingerprint density at radius 1 is 1.36 bits per heavy atom. The number of hydrogen-bond donors (Lipinski definition) is 0. The van der Waals surface area contributed by atoms with E-state index in [0.29, 0.717) is 0 Å². The molecule has 1 nitrogen and oxygen atoms in total. The zero-order chi connectivity index (χ0) is 8.10. The molecule has 0 spiro atoms. The van der Waals surface area contributed by atoms with Crippen molar-refractivity contribution in [3.05, 3.63) is 29.6 Å². The van der Waals surface area contributed by atoms with E-state index >= 15 is 0 Å². The molecule has 1 heterocycles. The largest absolute Gasteiger partial charge is 0.261 e. The summed E-state index contributed by atoms with van der Waals surface area (Å²) in [4.78, 5) is 4.28. The minimum absolute atomic E-state index is 0.892. The van der Waals surface area contributed by atoms with E-state index in [9.17, 15) is 0 Å². The van der Waals surface area contributed by atoms with E-state index in [4.69, 9.17) is 0 Å². The summed E-state index contributed by atoms with van der Waals surface area (Å²) in [7, 11) is 0. The molecule has 11 heavy (non-hydrogen) atoms. The van der Waals surface area contributed by atoms with Crippen molar-refractivity contribution < 1.29 is 0 Å². The topological polar surface area (TPSA) is 12.9 Å². The Kier molecular flexibility index (Phi) is 4.08. The molecule has 0 saturated carbocycles. The summed E-state index contributed by atoms with van der Waals surface area (Å²) in [5, 5.41) is 1.87. The fourth-order valence-corrected chi connectivity index (χ4v) is 1.79. The number of pyridine rings is 1. The average Bonchev–Trinajstić information content (AvgIpc) is 2.06. The second-order valence-corrected chi connectivity index (χ2v) is 3.54. The van der Waals surface area contributed by atoms with Crippen molar-refractivity contribution in [2.24, 2.45) is 0 Å². The van der Waals surface area contributed by atoms with Gasteiger partial charge < -0.3 is 0 Å². The predicted molar refractivity (Wildman–Crippen MR) is 54.4 cm³/mol. The standard InChI is InChI=1S/C8H9Br2N/c9-4-3-8-7(6-10)2-1-5-11-8/h1-2,5H,3-4,6H2. The van der Waals surface area contributed by atoms with Crippen molar-refractivity contribution in [3.63, 3.8) is 0 Å². The average molecular weight is 279 g/mol. The van der Waals surface area contributed by atoms with Crippen LogP contribution < -0.4 is 0 Å². The molecule has 1 aromatic heterocycles. The fourth-order valence-electron chi connectivity index (χ4n) is 0.908. The molecule has 0 N–H and O–H groups in total. The van der Waals surface area contributed by atoms with Gasteiger partial charge in [-0.2, -0.15) is 0 Å². The van der Waals surface area contributed by atoms with Crippen LogP contribution in [0.1, 0.15) is 11.3 Å². The summed E-state index contributed by atoms with van der Waals surface area (Å²) >= 11 is 6.82. The van der Waals surface area contributed by atoms with E-state index in [-0.39, 0.29) is 0 Å². The molecule has 0 aliphatic rings. The Morgan fingerprint density at radius 2 is 2.18 bits per heavy atom. The first-order valence-electron chi connectivity index (χ1n) is 3.43. The molecular formula is C8H9Br2N. The fraction of sp³-hybridized carbons (Fsp3) is 0.375. The highest BCUT2D eigenvalue weighted by Crippen LogP contribution is 2.10. The van der Waals surface area contributed by atoms with Gasteiger partial charge in [-0.15, -0.1) is 0 Å². The lowest BCUT2D eigenvalue weighted by Crippen LogP contribution is -1.95. The first-order valence-corrected chi connectivity index (χ1v) is 5.67. The molecule has 0 amide bonds. The summed E-state index contributed by atoms with van der Waals surface area (Å²) < 4.78 is 0. The van der Waals surface area contributed by atoms with Crippen molar-refractivity contribution in [2.75, 3.05) is 5.33 Å². The number of alkyl halides is 2. The second-order valence-electron chi connectivity index (χ2n) is 2.18. The zero-order valence-electron chi connectivity index (χ0n) is 6.06. The Hall–Kier alpha value is 0.110. The molecule has 0 atom stereocenters. The van der Waals surface area contributed by atoms with Gasteiger partial charge in [0, 0.05) is 22.6 Å². The normalized spacial score (nSPS) is 10.0. The molecule has 1 aromatic rings. The summed E-state index contributed by atoms with van der Waals surface area (Å²) in [5.41, 5.74) is 2.47. The van der Waals surface area contributed by atoms with Gasteiger partial charge >= 0.3 is 0 Å². The molecule has 0 unspecified atom stereocenters. The molecule has 0 saturated heterocycles. The summed E-state index contributed by atoms with van der Waals surface area (Å²) in [6.07, 6.45) is 2.84. The third kappa shape index (κ3) is 2.56. The van der Waals surface area contributed by atoms with E-state index in [2.05, 4.69) is 42.9 Å². The third-order valence-electron chi connectivity index (χ3n) is 1.46. The maximum atomic E-state index is 4.28. The van der Waals surface area contributed by atoms with Crippen LogP contribution in [0, 0.1) is 0 Å². The van der Waals surface area contributed by atoms with Gasteiger partial charge in [0.15, 0.2) is 0 Å². The molecule has 0 aliphatic carbocycles. The molecule has 0 bridgehead atoms. The molecule has 3 heteroatoms. The summed E-state index contributed by atoms with van der Waals surface area (Å²) in [6, 6.07) is 4.06. The van der Waals surface area contributed by atoms with Crippen molar-refractivity contribution in [2.45, 2.75) is 11.8 Å². The summed E-state index contributed by atoms with van der Waals surface area (Å²) in [5.74, 6) is 0. The van der Waals surface area contributed by atoms with Gasteiger partial charge in [0.05, 0.1) is 0 Å². The second kappa shape index (κ2) is 4.88. The van der Waals surface area contributed by atoms with Gasteiger partial charge in [0.2, 0.25) is 0 Å². The maximum absolute atomic E-state index is 4.28. The molecule has 0 aliphatic heterocycles. The number of nitrogens with zero attached hydrogens (tertiary/aromatic N) is 1. The van der Waals surface area contributed by atoms with Crippen LogP contribution in [0.3, 0.4) is 0 Å². The highest BCUT2D eigenvalue weighted by atomic mass is 79.9. The Balaban J connectivity index is 2.83. The maximum Gasteiger partial charge on any atom is 0.0452 e. The number of rotatable bonds is 3. The van der Waals surface area contributed by atoms with Crippen LogP contribution in [-0.2, 0) is 11.8 Å². The summed E-state index contributed by atoms with van der Waals surface area (Å²) in [6.45, 7) is 0. The lowest BCUT2D eigenvalue weighted by Gasteiger charge is -2.01. The molecular weight excluding hydrogens is 270 g/mol. The van der Waals surface area contributed by atoms with Crippen LogP contribution >= 0.6 is 31.9 Å². The molecule has 0 fully saturated rings. The molecule has 0 aromatic carbocycles. The van der Waals surface area contributed by atoms with Crippen LogP contribution in [-0.4, -0.2) is 10.3 Å². The minimum atomic E-state index is 0.892. The van der Waals surface area contributed by atoms with Crippen LogP contribution in [0.5, 0.6) is 0 Å². The van der Waals surface area contributed by atoms with Gasteiger partial charge in [0.1, 0.15) is 0 Å². The van der Waals surface area contributed by atoms with E-state index in [0.717, 1.165) is 17.1 Å². The van der Waals surface area contributed by atoms with Gasteiger partial charge in [-0.1, -0.05) is 37.9 Å². The molecule has 1 rings (SSSR count). The van der Waals surface area contributed by atoms with Gasteiger partial charge in [-0.25, -0.2) is 0 Å². The van der Waals surface area contributed by atoms with Crippen molar-refractivity contribution in [1.29, 1.82) is 0 Å². The smallest absolute Gasteiger partial charge is 0.0452 e. The Bertz CT molecular complexity index is 225. The number of halogens is 2. The molecule has 60 valence electrons. The van der Waals surface area contributed by atoms with Crippen molar-refractivity contribution >= 4 is 31.9 Å². The van der Waals surface area contributed by atoms with Crippen LogP contribution in [0.15, 0.2) is 18.3 Å². The predicted octanol–water partition coefficient (Wildman–Crippen LogP) is 2.91. The lowest BCUT2D eigenvalue weighted by molar-refractivity contribution is 1.02. The van der Waals surface area contributed by atoms with Crippen LogP contribution in [0.4, 0.5) is 0 Å². The number of hydrogen-bond acceptors (Lipinski definition) is 1. The van der Waals surface area contributed by atoms with Gasteiger partial charge in [-0.3, -0.25) is 4.98 Å².